The molecule has 0 N–H and O–H groups in total. The van der Waals surface area contributed by atoms with Crippen molar-refractivity contribution in [2.24, 2.45) is 0 Å². The Labute approximate surface area is 91.5 Å². The second kappa shape index (κ2) is 4.69. The molecule has 0 radical (unpaired) electrons. The molecule has 1 atom stereocenters. The van der Waals surface area contributed by atoms with Crippen molar-refractivity contribution in [3.63, 3.8) is 0 Å². The Morgan fingerprint density at radius 2 is 2.21 bits per heavy atom. The van der Waals surface area contributed by atoms with Crippen LogP contribution in [0.3, 0.4) is 0 Å². The summed E-state index contributed by atoms with van der Waals surface area (Å²) in [6.07, 6.45) is 0.595. The molecule has 0 heterocycles. The summed E-state index contributed by atoms with van der Waals surface area (Å²) in [6.45, 7) is 3.37. The molecule has 1 rings (SSSR count). The number of halogens is 2. The van der Waals surface area contributed by atoms with Crippen LogP contribution in [0.15, 0.2) is 18.2 Å². The molecule has 0 saturated heterocycles. The summed E-state index contributed by atoms with van der Waals surface area (Å²) in [5, 5.41) is 0. The summed E-state index contributed by atoms with van der Waals surface area (Å²) >= 11 is 3.26. The lowest BCUT2D eigenvalue weighted by molar-refractivity contribution is -0.116. The number of benzene rings is 1. The second-order valence-corrected chi connectivity index (χ2v) is 4.05. The summed E-state index contributed by atoms with van der Waals surface area (Å²) in [5.74, 6) is -0.249. The lowest BCUT2D eigenvalue weighted by Crippen LogP contribution is -2.05. The minimum Gasteiger partial charge on any atom is -0.298 e. The molecule has 0 aliphatic heterocycles. The standard InChI is InChI=1S/C11H12BrFO/c1-3-8-9(11(12)7(2)14)5-4-6-10(8)13/h4-6,11H,3H2,1-2H3. The zero-order valence-corrected chi connectivity index (χ0v) is 9.77. The molecule has 3 heteroatoms. The minimum absolute atomic E-state index is 0.00898. The van der Waals surface area contributed by atoms with E-state index in [-0.39, 0.29) is 11.6 Å². The van der Waals surface area contributed by atoms with Gasteiger partial charge in [-0.25, -0.2) is 4.39 Å². The molecule has 0 amide bonds. The number of ketones is 1. The molecule has 14 heavy (non-hydrogen) atoms. The molecular formula is C11H12BrFO. The molecule has 1 aromatic carbocycles. The number of alkyl halides is 1. The van der Waals surface area contributed by atoms with Crippen molar-refractivity contribution in [1.29, 1.82) is 0 Å². The summed E-state index contributed by atoms with van der Waals surface area (Å²) in [5.41, 5.74) is 1.35. The molecule has 0 saturated carbocycles. The Kier molecular flexibility index (Phi) is 3.81. The summed E-state index contributed by atoms with van der Waals surface area (Å²) < 4.78 is 13.3. The zero-order valence-electron chi connectivity index (χ0n) is 8.18. The van der Waals surface area contributed by atoms with Crippen LogP contribution in [0.2, 0.25) is 0 Å². The molecule has 1 unspecified atom stereocenters. The van der Waals surface area contributed by atoms with Crippen molar-refractivity contribution >= 4 is 21.7 Å². The fourth-order valence-corrected chi connectivity index (χ4v) is 1.83. The van der Waals surface area contributed by atoms with E-state index < -0.39 is 4.83 Å². The van der Waals surface area contributed by atoms with E-state index >= 15 is 0 Å². The molecule has 0 aliphatic carbocycles. The van der Waals surface area contributed by atoms with Crippen LogP contribution in [0.5, 0.6) is 0 Å². The molecular weight excluding hydrogens is 247 g/mol. The third-order valence-electron chi connectivity index (χ3n) is 2.14. The van der Waals surface area contributed by atoms with Crippen molar-refractivity contribution in [3.05, 3.63) is 35.1 Å². The number of carbonyl (C=O) groups excluding carboxylic acids is 1. The van der Waals surface area contributed by atoms with E-state index in [0.717, 1.165) is 5.56 Å². The summed E-state index contributed by atoms with van der Waals surface area (Å²) in [7, 11) is 0. The fourth-order valence-electron chi connectivity index (χ4n) is 1.40. The summed E-state index contributed by atoms with van der Waals surface area (Å²) in [4.78, 5) is 10.8. The maximum Gasteiger partial charge on any atom is 0.147 e. The molecule has 1 aromatic rings. The quantitative estimate of drug-likeness (QED) is 0.760. The highest BCUT2D eigenvalue weighted by Gasteiger charge is 2.17. The van der Waals surface area contributed by atoms with E-state index in [1.54, 1.807) is 12.1 Å². The van der Waals surface area contributed by atoms with Crippen molar-refractivity contribution in [2.75, 3.05) is 0 Å². The summed E-state index contributed by atoms with van der Waals surface area (Å²) in [6, 6.07) is 4.83. The Morgan fingerprint density at radius 1 is 1.57 bits per heavy atom. The number of rotatable bonds is 3. The Bertz CT molecular complexity index is 349. The first-order valence-electron chi connectivity index (χ1n) is 4.49. The number of hydrogen-bond donors (Lipinski definition) is 0. The smallest absolute Gasteiger partial charge is 0.147 e. The normalized spacial score (nSPS) is 12.6. The molecule has 0 spiro atoms. The van der Waals surface area contributed by atoms with Gasteiger partial charge in [-0.1, -0.05) is 35.0 Å². The fraction of sp³-hybridized carbons (Fsp3) is 0.364. The third-order valence-corrected chi connectivity index (χ3v) is 3.28. The molecule has 0 aromatic heterocycles. The average Bonchev–Trinajstić information content (AvgIpc) is 2.16. The lowest BCUT2D eigenvalue weighted by Gasteiger charge is -2.12. The van der Waals surface area contributed by atoms with Crippen LogP contribution >= 0.6 is 15.9 Å². The van der Waals surface area contributed by atoms with Gasteiger partial charge in [-0.15, -0.1) is 0 Å². The van der Waals surface area contributed by atoms with E-state index in [9.17, 15) is 9.18 Å². The molecule has 1 nitrogen and oxygen atoms in total. The van der Waals surface area contributed by atoms with Crippen LogP contribution in [-0.4, -0.2) is 5.78 Å². The van der Waals surface area contributed by atoms with Gasteiger partial charge in [-0.3, -0.25) is 4.79 Å². The third kappa shape index (κ3) is 2.21. The van der Waals surface area contributed by atoms with Gasteiger partial charge in [0.05, 0.1) is 4.83 Å². The van der Waals surface area contributed by atoms with E-state index in [1.165, 1.54) is 13.0 Å². The first-order chi connectivity index (χ1) is 6.57. The van der Waals surface area contributed by atoms with Gasteiger partial charge in [0, 0.05) is 0 Å². The van der Waals surface area contributed by atoms with Gasteiger partial charge in [0.1, 0.15) is 11.6 Å². The maximum atomic E-state index is 13.3. The van der Waals surface area contributed by atoms with Crippen LogP contribution in [0.4, 0.5) is 4.39 Å². The van der Waals surface area contributed by atoms with Crippen molar-refractivity contribution in [2.45, 2.75) is 25.1 Å². The van der Waals surface area contributed by atoms with E-state index in [4.69, 9.17) is 0 Å². The van der Waals surface area contributed by atoms with Gasteiger partial charge < -0.3 is 0 Å². The Balaban J connectivity index is 3.20. The maximum absolute atomic E-state index is 13.3. The van der Waals surface area contributed by atoms with Crippen molar-refractivity contribution < 1.29 is 9.18 Å². The first-order valence-corrected chi connectivity index (χ1v) is 5.41. The van der Waals surface area contributed by atoms with Crippen LogP contribution in [-0.2, 0) is 11.2 Å². The molecule has 0 aliphatic rings. The van der Waals surface area contributed by atoms with E-state index in [1.807, 2.05) is 6.92 Å². The van der Waals surface area contributed by atoms with Crippen molar-refractivity contribution in [1.82, 2.24) is 0 Å². The van der Waals surface area contributed by atoms with Gasteiger partial charge in [-0.2, -0.15) is 0 Å². The number of Topliss-reactive ketones (excluding diaryl/α,β-unsaturated/α-hetero) is 1. The van der Waals surface area contributed by atoms with Gasteiger partial charge in [0.2, 0.25) is 0 Å². The predicted octanol–water partition coefficient (Wildman–Crippen LogP) is 3.41. The number of hydrogen-bond acceptors (Lipinski definition) is 1. The molecule has 76 valence electrons. The van der Waals surface area contributed by atoms with Gasteiger partial charge in [0.25, 0.3) is 0 Å². The van der Waals surface area contributed by atoms with Gasteiger partial charge >= 0.3 is 0 Å². The average molecular weight is 259 g/mol. The van der Waals surface area contributed by atoms with Crippen LogP contribution < -0.4 is 0 Å². The minimum atomic E-state index is -0.395. The number of carbonyl (C=O) groups is 1. The zero-order chi connectivity index (χ0) is 10.7. The van der Waals surface area contributed by atoms with E-state index in [0.29, 0.717) is 12.0 Å². The van der Waals surface area contributed by atoms with Gasteiger partial charge in [0.15, 0.2) is 0 Å². The topological polar surface area (TPSA) is 17.1 Å². The monoisotopic (exact) mass is 258 g/mol. The van der Waals surface area contributed by atoms with Crippen molar-refractivity contribution in [3.8, 4) is 0 Å². The molecule has 0 bridgehead atoms. The Morgan fingerprint density at radius 3 is 2.71 bits per heavy atom. The van der Waals surface area contributed by atoms with Crippen LogP contribution in [0.1, 0.15) is 29.8 Å². The lowest BCUT2D eigenvalue weighted by atomic mass is 10.0. The predicted molar refractivity (Wildman–Crippen MR) is 58.1 cm³/mol. The largest absolute Gasteiger partial charge is 0.298 e. The van der Waals surface area contributed by atoms with Gasteiger partial charge in [-0.05, 0) is 30.5 Å². The Hall–Kier alpha value is -0.700. The first kappa shape index (κ1) is 11.4. The SMILES string of the molecule is CCc1c(F)cccc1C(Br)C(C)=O. The highest BCUT2D eigenvalue weighted by Crippen LogP contribution is 2.28. The van der Waals surface area contributed by atoms with E-state index in [2.05, 4.69) is 15.9 Å². The molecule has 0 fully saturated rings. The highest BCUT2D eigenvalue weighted by molar-refractivity contribution is 9.09. The van der Waals surface area contributed by atoms with Crippen LogP contribution in [0, 0.1) is 5.82 Å². The second-order valence-electron chi connectivity index (χ2n) is 3.13. The highest BCUT2D eigenvalue weighted by atomic mass is 79.9. The van der Waals surface area contributed by atoms with Crippen LogP contribution in [0.25, 0.3) is 0 Å².